The summed E-state index contributed by atoms with van der Waals surface area (Å²) in [6.45, 7) is 5.26. The molecule has 1 aromatic heterocycles. The number of thioether (sulfide) groups is 1. The zero-order valence-electron chi connectivity index (χ0n) is 18.2. The average Bonchev–Trinajstić information content (AvgIpc) is 3.35. The first-order chi connectivity index (χ1) is 16.3. The molecule has 0 saturated heterocycles. The molecule has 0 amide bonds. The Labute approximate surface area is 199 Å². The van der Waals surface area contributed by atoms with Gasteiger partial charge in [-0.15, -0.1) is 11.8 Å². The number of rotatable bonds is 10. The molecule has 2 atom stereocenters. The molecule has 10 nitrogen and oxygen atoms in total. The number of non-ortho nitro benzene ring substituents is 1. The van der Waals surface area contributed by atoms with Gasteiger partial charge in [-0.25, -0.2) is 4.79 Å². The number of hydrogen-bond acceptors (Lipinski definition) is 10. The Morgan fingerprint density at radius 2 is 2.21 bits per heavy atom. The largest absolute Gasteiger partial charge is 0.468 e. The second-order valence-corrected chi connectivity index (χ2v) is 8.16. The maximum absolute atomic E-state index is 12.7. The van der Waals surface area contributed by atoms with E-state index in [1.165, 1.54) is 48.4 Å². The fourth-order valence-electron chi connectivity index (χ4n) is 3.33. The smallest absolute Gasteiger partial charge is 0.337 e. The number of nitro groups is 1. The predicted octanol–water partition coefficient (Wildman–Crippen LogP) is 3.78. The lowest BCUT2D eigenvalue weighted by Crippen LogP contribution is -2.30. The van der Waals surface area contributed by atoms with E-state index in [2.05, 4.69) is 23.3 Å². The van der Waals surface area contributed by atoms with Crippen molar-refractivity contribution in [1.29, 1.82) is 5.26 Å². The molecule has 3 rings (SSSR count). The summed E-state index contributed by atoms with van der Waals surface area (Å²) >= 11 is 1.18. The summed E-state index contributed by atoms with van der Waals surface area (Å²) in [4.78, 5) is 23.0. The van der Waals surface area contributed by atoms with Gasteiger partial charge in [-0.05, 0) is 31.2 Å². The summed E-state index contributed by atoms with van der Waals surface area (Å²) in [5, 5.41) is 37.5. The van der Waals surface area contributed by atoms with Gasteiger partial charge in [0.25, 0.3) is 5.69 Å². The van der Waals surface area contributed by atoms with Crippen LogP contribution < -0.4 is 10.6 Å². The molecule has 0 radical (unpaired) electrons. The Kier molecular flexibility index (Phi) is 8.13. The fraction of sp³-hybridized carbons (Fsp3) is 0.217. The lowest BCUT2D eigenvalue weighted by Gasteiger charge is -2.28. The van der Waals surface area contributed by atoms with Gasteiger partial charge >= 0.3 is 5.97 Å². The van der Waals surface area contributed by atoms with Crippen molar-refractivity contribution in [2.45, 2.75) is 19.1 Å². The van der Waals surface area contributed by atoms with Crippen LogP contribution in [-0.4, -0.2) is 34.6 Å². The first kappa shape index (κ1) is 24.6. The number of anilines is 1. The number of carbonyl (C=O) groups is 1. The van der Waals surface area contributed by atoms with Crippen molar-refractivity contribution in [3.05, 3.63) is 93.1 Å². The number of nitriles is 1. The van der Waals surface area contributed by atoms with E-state index in [0.717, 1.165) is 0 Å². The Balaban J connectivity index is 1.79. The number of benzene rings is 1. The highest BCUT2D eigenvalue weighted by Crippen LogP contribution is 2.41. The maximum Gasteiger partial charge on any atom is 0.337 e. The van der Waals surface area contributed by atoms with E-state index in [0.29, 0.717) is 22.2 Å². The topological polar surface area (TPSA) is 151 Å². The zero-order chi connectivity index (χ0) is 24.7. The van der Waals surface area contributed by atoms with E-state index >= 15 is 0 Å². The van der Waals surface area contributed by atoms with Crippen molar-refractivity contribution < 1.29 is 24.0 Å². The van der Waals surface area contributed by atoms with Gasteiger partial charge in [-0.2, -0.15) is 5.26 Å². The quantitative estimate of drug-likeness (QED) is 0.150. The van der Waals surface area contributed by atoms with Crippen LogP contribution in [0.1, 0.15) is 18.6 Å². The Hall–Kier alpha value is -4.01. The molecular weight excluding hydrogens is 460 g/mol. The lowest BCUT2D eigenvalue weighted by atomic mass is 9.86. The standard InChI is InChI=1S/C23H22N4O6S/c1-3-10-33-23(29)20-14(2)25-22(17(12-24)21(20)18-5-4-11-32-18)34-13-19(28)26-15-6-8-16(9-7-15)27(30)31/h3-9,11,19,21,25-26,28H,1,10,13H2,2H3. The van der Waals surface area contributed by atoms with Crippen LogP contribution in [0.5, 0.6) is 0 Å². The molecule has 2 aromatic rings. The molecule has 11 heteroatoms. The number of nitrogens with one attached hydrogen (secondary N) is 2. The zero-order valence-corrected chi connectivity index (χ0v) is 19.0. The van der Waals surface area contributed by atoms with Crippen molar-refractivity contribution in [3.8, 4) is 6.07 Å². The van der Waals surface area contributed by atoms with Crippen LogP contribution in [0.15, 0.2) is 81.6 Å². The minimum absolute atomic E-state index is 0.0220. The first-order valence-electron chi connectivity index (χ1n) is 10.1. The highest BCUT2D eigenvalue weighted by molar-refractivity contribution is 8.03. The van der Waals surface area contributed by atoms with Crippen LogP contribution in [0.2, 0.25) is 0 Å². The van der Waals surface area contributed by atoms with Crippen molar-refractivity contribution in [2.24, 2.45) is 0 Å². The van der Waals surface area contributed by atoms with Crippen LogP contribution in [0, 0.1) is 21.4 Å². The van der Waals surface area contributed by atoms with Gasteiger partial charge in [0.2, 0.25) is 0 Å². The summed E-state index contributed by atoms with van der Waals surface area (Å²) < 4.78 is 10.7. The van der Waals surface area contributed by atoms with Crippen LogP contribution in [0.25, 0.3) is 0 Å². The van der Waals surface area contributed by atoms with Crippen molar-refractivity contribution in [2.75, 3.05) is 17.7 Å². The van der Waals surface area contributed by atoms with Gasteiger partial charge in [0, 0.05) is 29.3 Å². The highest BCUT2D eigenvalue weighted by Gasteiger charge is 2.37. The third-order valence-corrected chi connectivity index (χ3v) is 5.92. The van der Waals surface area contributed by atoms with Gasteiger partial charge in [0.05, 0.1) is 39.3 Å². The predicted molar refractivity (Wildman–Crippen MR) is 126 cm³/mol. The normalized spacial score (nSPS) is 16.3. The number of ether oxygens (including phenoxy) is 1. The summed E-state index contributed by atoms with van der Waals surface area (Å²) in [5.41, 5.74) is 1.44. The molecule has 0 saturated carbocycles. The summed E-state index contributed by atoms with van der Waals surface area (Å²) in [7, 11) is 0. The third-order valence-electron chi connectivity index (χ3n) is 4.82. The summed E-state index contributed by atoms with van der Waals surface area (Å²) in [6.07, 6.45) is 1.89. The molecule has 0 spiro atoms. The average molecular weight is 483 g/mol. The van der Waals surface area contributed by atoms with Crippen LogP contribution >= 0.6 is 11.8 Å². The molecule has 176 valence electrons. The molecule has 2 unspecified atom stereocenters. The number of allylic oxidation sites excluding steroid dienone is 2. The Morgan fingerprint density at radius 1 is 1.47 bits per heavy atom. The number of furan rings is 1. The van der Waals surface area contributed by atoms with Gasteiger partial charge in [0.1, 0.15) is 18.6 Å². The molecule has 34 heavy (non-hydrogen) atoms. The number of dihydropyridines is 1. The van der Waals surface area contributed by atoms with Gasteiger partial charge in [-0.1, -0.05) is 12.7 Å². The van der Waals surface area contributed by atoms with Gasteiger partial charge in [0.15, 0.2) is 0 Å². The molecule has 2 heterocycles. The van der Waals surface area contributed by atoms with Gasteiger partial charge in [-0.3, -0.25) is 10.1 Å². The van der Waals surface area contributed by atoms with Crippen LogP contribution in [0.3, 0.4) is 0 Å². The van der Waals surface area contributed by atoms with Crippen molar-refractivity contribution >= 4 is 29.1 Å². The molecule has 0 aliphatic carbocycles. The molecule has 3 N–H and O–H groups in total. The molecule has 1 aliphatic rings. The van der Waals surface area contributed by atoms with E-state index in [9.17, 15) is 25.3 Å². The number of aliphatic hydroxyl groups is 1. The SMILES string of the molecule is C=CCOC(=O)C1=C(C)NC(SCC(O)Nc2ccc([N+](=O)[O-])cc2)=C(C#N)C1c1ccco1. The monoisotopic (exact) mass is 482 g/mol. The van der Waals surface area contributed by atoms with Crippen LogP contribution in [0.4, 0.5) is 11.4 Å². The molecule has 0 fully saturated rings. The number of carbonyl (C=O) groups excluding carboxylic acids is 1. The number of nitrogens with zero attached hydrogens (tertiary/aromatic N) is 2. The molecule has 0 bridgehead atoms. The van der Waals surface area contributed by atoms with Gasteiger partial charge < -0.3 is 24.9 Å². The highest BCUT2D eigenvalue weighted by atomic mass is 32.2. The van der Waals surface area contributed by atoms with E-state index in [1.807, 2.05) is 0 Å². The summed E-state index contributed by atoms with van der Waals surface area (Å²) in [6, 6.07) is 11.1. The number of hydrogen-bond donors (Lipinski definition) is 3. The number of esters is 1. The molecular formula is C23H22N4O6S. The van der Waals surface area contributed by atoms with E-state index in [4.69, 9.17) is 9.15 Å². The Morgan fingerprint density at radius 3 is 2.79 bits per heavy atom. The van der Waals surface area contributed by atoms with E-state index in [-0.39, 0.29) is 29.2 Å². The number of aliphatic hydroxyl groups excluding tert-OH is 1. The van der Waals surface area contributed by atoms with Crippen LogP contribution in [-0.2, 0) is 9.53 Å². The Bertz CT molecular complexity index is 1170. The first-order valence-corrected chi connectivity index (χ1v) is 11.1. The third kappa shape index (κ3) is 5.67. The maximum atomic E-state index is 12.7. The molecule has 1 aromatic carbocycles. The summed E-state index contributed by atoms with van der Waals surface area (Å²) in [5.74, 6) is -0.826. The van der Waals surface area contributed by atoms with E-state index in [1.54, 1.807) is 19.1 Å². The van der Waals surface area contributed by atoms with E-state index < -0.39 is 23.0 Å². The minimum atomic E-state index is -1.02. The number of nitro benzene ring substituents is 1. The van der Waals surface area contributed by atoms with Crippen molar-refractivity contribution in [1.82, 2.24) is 5.32 Å². The second-order valence-electron chi connectivity index (χ2n) is 7.13. The second kappa shape index (κ2) is 11.2. The lowest BCUT2D eigenvalue weighted by molar-refractivity contribution is -0.384. The molecule has 1 aliphatic heterocycles. The van der Waals surface area contributed by atoms with Crippen molar-refractivity contribution in [3.63, 3.8) is 0 Å². The minimum Gasteiger partial charge on any atom is -0.468 e. The fourth-order valence-corrected chi connectivity index (χ4v) is 4.28.